The fraction of sp³-hybridized carbons (Fsp3) is 0.429. The van der Waals surface area contributed by atoms with Crippen LogP contribution in [0.15, 0.2) is 12.2 Å². The van der Waals surface area contributed by atoms with Crippen LogP contribution in [0, 0.1) is 0 Å². The number of fused-ring (bicyclic) bond motifs is 3. The second kappa shape index (κ2) is 3.64. The monoisotopic (exact) mass is 216 g/mol. The largest absolute Gasteiger partial charge is 0.140 e. The third-order valence-corrected chi connectivity index (χ3v) is 4.79. The number of allylic oxidation sites excluding steroid dienone is 3. The zero-order valence-corrected chi connectivity index (χ0v) is 9.99. The van der Waals surface area contributed by atoms with E-state index in [1.165, 1.54) is 32.1 Å². The zero-order chi connectivity index (χ0) is 10.3. The summed E-state index contributed by atoms with van der Waals surface area (Å²) in [5, 5.41) is 0. The van der Waals surface area contributed by atoms with Gasteiger partial charge >= 0.3 is 0 Å². The Balaban J connectivity index is 2.17. The van der Waals surface area contributed by atoms with Crippen molar-refractivity contribution in [3.63, 3.8) is 0 Å². The molecule has 0 spiro atoms. The van der Waals surface area contributed by atoms with Crippen LogP contribution in [-0.2, 0) is 12.8 Å². The van der Waals surface area contributed by atoms with Crippen LogP contribution in [0.3, 0.4) is 0 Å². The highest BCUT2D eigenvalue weighted by molar-refractivity contribution is 7.13. The van der Waals surface area contributed by atoms with Crippen LogP contribution in [0.25, 0.3) is 11.6 Å². The van der Waals surface area contributed by atoms with Gasteiger partial charge in [-0.3, -0.25) is 0 Å². The van der Waals surface area contributed by atoms with Crippen molar-refractivity contribution in [2.75, 3.05) is 0 Å². The molecule has 0 amide bonds. The summed E-state index contributed by atoms with van der Waals surface area (Å²) in [5.74, 6) is 0. The smallest absolute Gasteiger partial charge is 0.0340 e. The van der Waals surface area contributed by atoms with Gasteiger partial charge in [0.05, 0.1) is 0 Å². The summed E-state index contributed by atoms with van der Waals surface area (Å²) >= 11 is 2.05. The van der Waals surface area contributed by atoms with Crippen molar-refractivity contribution in [3.8, 4) is 0 Å². The van der Waals surface area contributed by atoms with E-state index in [0.717, 1.165) is 0 Å². The average molecular weight is 216 g/mol. The Morgan fingerprint density at radius 1 is 1.27 bits per heavy atom. The van der Waals surface area contributed by atoms with E-state index in [0.29, 0.717) is 0 Å². The minimum atomic E-state index is 1.19. The molecular formula is C14H16S. The average Bonchev–Trinajstić information content (AvgIpc) is 2.67. The highest BCUT2D eigenvalue weighted by Gasteiger charge is 2.21. The van der Waals surface area contributed by atoms with Crippen molar-refractivity contribution in [2.24, 2.45) is 0 Å². The molecule has 0 aliphatic heterocycles. The van der Waals surface area contributed by atoms with Gasteiger partial charge in [0, 0.05) is 9.75 Å². The first-order valence-corrected chi connectivity index (χ1v) is 6.72. The Hall–Kier alpha value is -0.820. The fourth-order valence-electron chi connectivity index (χ4n) is 2.62. The topological polar surface area (TPSA) is 0 Å². The molecule has 0 unspecified atom stereocenters. The van der Waals surface area contributed by atoms with Crippen LogP contribution in [0.2, 0.25) is 0 Å². The molecule has 0 aromatic carbocycles. The maximum atomic E-state index is 2.44. The quantitative estimate of drug-likeness (QED) is 0.650. The van der Waals surface area contributed by atoms with Crippen molar-refractivity contribution in [2.45, 2.75) is 39.0 Å². The van der Waals surface area contributed by atoms with Gasteiger partial charge in [-0.1, -0.05) is 25.2 Å². The normalized spacial score (nSPS) is 18.3. The third-order valence-electron chi connectivity index (χ3n) is 3.41. The van der Waals surface area contributed by atoms with Crippen LogP contribution >= 0.6 is 11.3 Å². The van der Waals surface area contributed by atoms with Crippen LogP contribution < -0.4 is 0 Å². The van der Waals surface area contributed by atoms with Crippen molar-refractivity contribution >= 4 is 23.0 Å². The van der Waals surface area contributed by atoms with Gasteiger partial charge in [0.25, 0.3) is 0 Å². The Morgan fingerprint density at radius 3 is 3.07 bits per heavy atom. The Labute approximate surface area is 95.3 Å². The number of hydrogen-bond acceptors (Lipinski definition) is 1. The van der Waals surface area contributed by atoms with Crippen LogP contribution in [-0.4, -0.2) is 0 Å². The molecule has 3 rings (SSSR count). The number of hydrogen-bond donors (Lipinski definition) is 0. The highest BCUT2D eigenvalue weighted by Crippen LogP contribution is 2.41. The molecule has 0 N–H and O–H groups in total. The molecule has 2 aliphatic rings. The van der Waals surface area contributed by atoms with Gasteiger partial charge in [0.1, 0.15) is 0 Å². The van der Waals surface area contributed by atoms with E-state index in [9.17, 15) is 0 Å². The second-order valence-electron chi connectivity index (χ2n) is 4.31. The van der Waals surface area contributed by atoms with Gasteiger partial charge < -0.3 is 0 Å². The predicted octanol–water partition coefficient (Wildman–Crippen LogP) is 4.45. The molecule has 0 radical (unpaired) electrons. The van der Waals surface area contributed by atoms with E-state index in [1.807, 2.05) is 0 Å². The van der Waals surface area contributed by atoms with E-state index in [4.69, 9.17) is 0 Å². The van der Waals surface area contributed by atoms with E-state index in [-0.39, 0.29) is 0 Å². The SMILES string of the molecule is CCC1=CCCc2c1sc1c2C=CCC1. The predicted molar refractivity (Wildman–Crippen MR) is 68.3 cm³/mol. The van der Waals surface area contributed by atoms with Crippen LogP contribution in [0.1, 0.15) is 47.1 Å². The maximum Gasteiger partial charge on any atom is 0.0340 e. The minimum Gasteiger partial charge on any atom is -0.140 e. The van der Waals surface area contributed by atoms with E-state index in [2.05, 4.69) is 36.5 Å². The summed E-state index contributed by atoms with van der Waals surface area (Å²) in [5.41, 5.74) is 4.80. The van der Waals surface area contributed by atoms with Crippen molar-refractivity contribution in [1.82, 2.24) is 0 Å². The molecule has 2 aliphatic carbocycles. The van der Waals surface area contributed by atoms with E-state index in [1.54, 1.807) is 26.5 Å². The molecule has 15 heavy (non-hydrogen) atoms. The van der Waals surface area contributed by atoms with E-state index < -0.39 is 0 Å². The molecule has 0 atom stereocenters. The summed E-state index contributed by atoms with van der Waals surface area (Å²) in [6.45, 7) is 2.27. The molecule has 0 nitrogen and oxygen atoms in total. The first-order valence-electron chi connectivity index (χ1n) is 5.90. The molecular weight excluding hydrogens is 200 g/mol. The summed E-state index contributed by atoms with van der Waals surface area (Å²) < 4.78 is 0. The zero-order valence-electron chi connectivity index (χ0n) is 9.18. The Bertz CT molecular complexity index is 446. The molecule has 78 valence electrons. The molecule has 0 fully saturated rings. The molecule has 0 bridgehead atoms. The first kappa shape index (κ1) is 9.41. The van der Waals surface area contributed by atoms with Gasteiger partial charge in [-0.05, 0) is 48.8 Å². The standard InChI is InChI=1S/C14H16S/c1-2-10-6-5-8-12-11-7-3-4-9-13(11)15-14(10)12/h3,6-7H,2,4-5,8-9H2,1H3. The summed E-state index contributed by atoms with van der Waals surface area (Å²) in [7, 11) is 0. The van der Waals surface area contributed by atoms with Crippen molar-refractivity contribution in [3.05, 3.63) is 33.0 Å². The van der Waals surface area contributed by atoms with Gasteiger partial charge in [-0.15, -0.1) is 11.3 Å². The Morgan fingerprint density at radius 2 is 2.20 bits per heavy atom. The van der Waals surface area contributed by atoms with Gasteiger partial charge in [-0.2, -0.15) is 0 Å². The number of thiophene rings is 1. The van der Waals surface area contributed by atoms with Gasteiger partial charge in [0.2, 0.25) is 0 Å². The van der Waals surface area contributed by atoms with Gasteiger partial charge in [0.15, 0.2) is 0 Å². The lowest BCUT2D eigenvalue weighted by Crippen LogP contribution is -1.97. The third kappa shape index (κ3) is 1.41. The summed E-state index contributed by atoms with van der Waals surface area (Å²) in [4.78, 5) is 3.23. The molecule has 1 aromatic heterocycles. The molecule has 0 saturated heterocycles. The van der Waals surface area contributed by atoms with Crippen molar-refractivity contribution < 1.29 is 0 Å². The highest BCUT2D eigenvalue weighted by atomic mass is 32.1. The lowest BCUT2D eigenvalue weighted by Gasteiger charge is -2.13. The molecule has 0 saturated carbocycles. The maximum absolute atomic E-state index is 2.44. The fourth-order valence-corrected chi connectivity index (χ4v) is 4.08. The molecule has 1 heterocycles. The van der Waals surface area contributed by atoms with Gasteiger partial charge in [-0.25, -0.2) is 0 Å². The lowest BCUT2D eigenvalue weighted by atomic mass is 9.91. The molecule has 1 heteroatoms. The van der Waals surface area contributed by atoms with E-state index >= 15 is 0 Å². The summed E-state index contributed by atoms with van der Waals surface area (Å²) in [6, 6.07) is 0. The lowest BCUT2D eigenvalue weighted by molar-refractivity contribution is 0.956. The minimum absolute atomic E-state index is 1.19. The number of aryl methyl sites for hydroxylation is 1. The second-order valence-corrected chi connectivity index (χ2v) is 5.41. The number of rotatable bonds is 1. The Kier molecular flexibility index (Phi) is 2.28. The molecule has 1 aromatic rings. The van der Waals surface area contributed by atoms with Crippen LogP contribution in [0.5, 0.6) is 0 Å². The first-order chi connectivity index (χ1) is 7.40. The van der Waals surface area contributed by atoms with Crippen molar-refractivity contribution in [1.29, 1.82) is 0 Å². The van der Waals surface area contributed by atoms with Crippen LogP contribution in [0.4, 0.5) is 0 Å². The summed E-state index contributed by atoms with van der Waals surface area (Å²) in [6.07, 6.45) is 13.3.